The van der Waals surface area contributed by atoms with Crippen LogP contribution in [-0.2, 0) is 13.6 Å². The van der Waals surface area contributed by atoms with Gasteiger partial charge in [0.15, 0.2) is 17.4 Å². The first kappa shape index (κ1) is 25.9. The molecule has 0 saturated heterocycles. The van der Waals surface area contributed by atoms with Crippen molar-refractivity contribution in [1.82, 2.24) is 29.3 Å². The van der Waals surface area contributed by atoms with E-state index < -0.39 is 17.5 Å². The molecule has 0 bridgehead atoms. The predicted molar refractivity (Wildman–Crippen MR) is 140 cm³/mol. The summed E-state index contributed by atoms with van der Waals surface area (Å²) >= 11 is 0. The average Bonchev–Trinajstić information content (AvgIpc) is 3.28. The summed E-state index contributed by atoms with van der Waals surface area (Å²) in [5.41, 5.74) is 1.40. The Bertz CT molecular complexity index is 1600. The van der Waals surface area contributed by atoms with E-state index in [4.69, 9.17) is 4.74 Å². The molecular weight excluding hydrogens is 510 g/mol. The third-order valence-electron chi connectivity index (χ3n) is 6.36. The van der Waals surface area contributed by atoms with Gasteiger partial charge in [-0.3, -0.25) is 14.0 Å². The van der Waals surface area contributed by atoms with Crippen LogP contribution in [0.15, 0.2) is 53.8 Å². The molecule has 3 heterocycles. The molecular formula is C26H26F2N8O3. The smallest absolute Gasteiger partial charge is 0.349 e. The van der Waals surface area contributed by atoms with Crippen LogP contribution in [0.25, 0.3) is 11.4 Å². The number of methoxy groups -OCH3 is 1. The van der Waals surface area contributed by atoms with E-state index in [9.17, 15) is 18.4 Å². The van der Waals surface area contributed by atoms with Crippen LogP contribution in [0.4, 0.5) is 31.8 Å². The lowest BCUT2D eigenvalue weighted by atomic mass is 10.1. The third kappa shape index (κ3) is 5.47. The van der Waals surface area contributed by atoms with Crippen molar-refractivity contribution in [3.63, 3.8) is 0 Å². The Balaban J connectivity index is 1.44. The van der Waals surface area contributed by atoms with E-state index in [0.717, 1.165) is 4.57 Å². The highest BCUT2D eigenvalue weighted by Crippen LogP contribution is 2.49. The Hall–Kier alpha value is -4.68. The summed E-state index contributed by atoms with van der Waals surface area (Å²) in [5, 5.41) is 10.6. The van der Waals surface area contributed by atoms with Gasteiger partial charge in [-0.25, -0.2) is 23.5 Å². The number of nitrogens with zero attached hydrogens (tertiary/aromatic N) is 6. The van der Waals surface area contributed by atoms with Crippen LogP contribution in [-0.4, -0.2) is 48.1 Å². The van der Waals surface area contributed by atoms with Crippen molar-refractivity contribution in [1.29, 1.82) is 0 Å². The van der Waals surface area contributed by atoms with Crippen molar-refractivity contribution in [3.8, 4) is 17.1 Å². The number of aromatic nitrogens is 6. The minimum Gasteiger partial charge on any atom is -0.494 e. The normalized spacial score (nSPS) is 15.6. The molecule has 1 atom stereocenters. The number of ketones is 1. The maximum absolute atomic E-state index is 13.2. The van der Waals surface area contributed by atoms with Crippen molar-refractivity contribution in [2.45, 2.75) is 32.2 Å². The molecule has 0 unspecified atom stereocenters. The molecule has 1 aromatic carbocycles. The summed E-state index contributed by atoms with van der Waals surface area (Å²) in [6.07, 6.45) is 4.47. The number of alkyl halides is 2. The topological polar surface area (TPSA) is 129 Å². The minimum atomic E-state index is -2.72. The molecule has 4 aromatic rings. The zero-order valence-corrected chi connectivity index (χ0v) is 21.5. The molecule has 11 nitrogen and oxygen atoms in total. The zero-order chi connectivity index (χ0) is 27.7. The average molecular weight is 537 g/mol. The van der Waals surface area contributed by atoms with Gasteiger partial charge in [0.2, 0.25) is 0 Å². The molecule has 0 amide bonds. The SMILES string of the molecule is CCC(=O)c1cnc(Nc2ccn(C[C@@H]3CC3(F)F)c(=O)n2)cc1Nc1cccc(-c2ncn(C)n2)c1OC. The van der Waals surface area contributed by atoms with E-state index in [2.05, 4.69) is 30.7 Å². The summed E-state index contributed by atoms with van der Waals surface area (Å²) in [6.45, 7) is 1.66. The summed E-state index contributed by atoms with van der Waals surface area (Å²) in [7, 11) is 3.30. The van der Waals surface area contributed by atoms with Crippen LogP contribution in [0, 0.1) is 5.92 Å². The molecule has 2 N–H and O–H groups in total. The molecule has 0 aliphatic heterocycles. The lowest BCUT2D eigenvalue weighted by molar-refractivity contribution is 0.0946. The number of benzene rings is 1. The van der Waals surface area contributed by atoms with Gasteiger partial charge < -0.3 is 15.4 Å². The van der Waals surface area contributed by atoms with Crippen LogP contribution in [0.1, 0.15) is 30.1 Å². The number of para-hydroxylation sites is 1. The van der Waals surface area contributed by atoms with E-state index in [1.807, 2.05) is 12.1 Å². The van der Waals surface area contributed by atoms with Crippen LogP contribution >= 0.6 is 0 Å². The molecule has 1 saturated carbocycles. The monoisotopic (exact) mass is 536 g/mol. The maximum Gasteiger partial charge on any atom is 0.349 e. The van der Waals surface area contributed by atoms with Crippen molar-refractivity contribution in [3.05, 3.63) is 65.1 Å². The minimum absolute atomic E-state index is 0.0891. The Kier molecular flexibility index (Phi) is 6.81. The first-order valence-electron chi connectivity index (χ1n) is 12.2. The molecule has 5 rings (SSSR count). The molecule has 39 heavy (non-hydrogen) atoms. The number of ether oxygens (including phenoxy) is 1. The number of anilines is 4. The largest absolute Gasteiger partial charge is 0.494 e. The van der Waals surface area contributed by atoms with Crippen molar-refractivity contribution < 1.29 is 18.3 Å². The second kappa shape index (κ2) is 10.2. The Morgan fingerprint density at radius 3 is 2.62 bits per heavy atom. The van der Waals surface area contributed by atoms with Gasteiger partial charge in [-0.15, -0.1) is 0 Å². The van der Waals surface area contributed by atoms with Gasteiger partial charge in [-0.05, 0) is 18.2 Å². The molecule has 1 aliphatic carbocycles. The van der Waals surface area contributed by atoms with Gasteiger partial charge in [-0.2, -0.15) is 10.1 Å². The van der Waals surface area contributed by atoms with E-state index in [1.165, 1.54) is 25.6 Å². The molecule has 1 aliphatic rings. The van der Waals surface area contributed by atoms with E-state index in [1.54, 1.807) is 37.1 Å². The van der Waals surface area contributed by atoms with Crippen LogP contribution < -0.4 is 21.1 Å². The zero-order valence-electron chi connectivity index (χ0n) is 21.5. The number of aryl methyl sites for hydroxylation is 1. The highest BCUT2D eigenvalue weighted by Gasteiger charge is 2.56. The van der Waals surface area contributed by atoms with Crippen LogP contribution in [0.2, 0.25) is 0 Å². The molecule has 13 heteroatoms. The number of pyridine rings is 1. The summed E-state index contributed by atoms with van der Waals surface area (Å²) in [6, 6.07) is 8.56. The summed E-state index contributed by atoms with van der Waals surface area (Å²) < 4.78 is 34.9. The van der Waals surface area contributed by atoms with Crippen molar-refractivity contribution in [2.75, 3.05) is 17.7 Å². The number of rotatable bonds is 10. The highest BCUT2D eigenvalue weighted by atomic mass is 19.3. The fourth-order valence-electron chi connectivity index (χ4n) is 4.15. The number of hydrogen-bond acceptors (Lipinski definition) is 9. The lowest BCUT2D eigenvalue weighted by Crippen LogP contribution is -2.24. The van der Waals surface area contributed by atoms with Gasteiger partial charge >= 0.3 is 5.69 Å². The predicted octanol–water partition coefficient (Wildman–Crippen LogP) is 4.18. The first-order valence-corrected chi connectivity index (χ1v) is 12.2. The van der Waals surface area contributed by atoms with E-state index >= 15 is 0 Å². The first-order chi connectivity index (χ1) is 18.7. The highest BCUT2D eigenvalue weighted by molar-refractivity contribution is 6.02. The standard InChI is InChI=1S/C26H26F2N8O3/c1-4-20(37)17-12-29-22(32-21-8-9-36(25(38)33-21)13-15-11-26(15,27)28)10-19(17)31-18-7-5-6-16(23(18)39-3)24-30-14-35(2)34-24/h5-10,12,14-15H,4,11,13H2,1-3H3,(H2,29,31,32,33,38)/t15-/m0/s1. The third-order valence-corrected chi connectivity index (χ3v) is 6.36. The number of hydrogen-bond donors (Lipinski definition) is 2. The molecule has 1 fully saturated rings. The Morgan fingerprint density at radius 2 is 1.97 bits per heavy atom. The maximum atomic E-state index is 13.2. The van der Waals surface area contributed by atoms with Crippen molar-refractivity contribution >= 4 is 28.8 Å². The van der Waals surface area contributed by atoms with Crippen LogP contribution in [0.3, 0.4) is 0 Å². The number of carbonyl (C=O) groups excluding carboxylic acids is 1. The number of nitrogens with one attached hydrogen (secondary N) is 2. The summed E-state index contributed by atoms with van der Waals surface area (Å²) in [5.74, 6) is -2.24. The van der Waals surface area contributed by atoms with Gasteiger partial charge in [0.25, 0.3) is 5.92 Å². The van der Waals surface area contributed by atoms with E-state index in [-0.39, 0.29) is 31.0 Å². The fourth-order valence-corrected chi connectivity index (χ4v) is 4.15. The number of Topliss-reactive ketones (excluding diaryl/α,β-unsaturated/α-hetero) is 1. The van der Waals surface area contributed by atoms with Gasteiger partial charge in [-0.1, -0.05) is 13.0 Å². The molecule has 0 spiro atoms. The van der Waals surface area contributed by atoms with E-state index in [0.29, 0.717) is 39.9 Å². The van der Waals surface area contributed by atoms with Gasteiger partial charge in [0.05, 0.1) is 29.6 Å². The second-order valence-corrected chi connectivity index (χ2v) is 9.18. The van der Waals surface area contributed by atoms with Crippen LogP contribution in [0.5, 0.6) is 5.75 Å². The Labute approximate surface area is 221 Å². The van der Waals surface area contributed by atoms with Crippen molar-refractivity contribution in [2.24, 2.45) is 13.0 Å². The Morgan fingerprint density at radius 1 is 1.18 bits per heavy atom. The molecule has 0 radical (unpaired) electrons. The fraction of sp³-hybridized carbons (Fsp3) is 0.308. The number of carbonyl (C=O) groups is 1. The van der Waals surface area contributed by atoms with Gasteiger partial charge in [0.1, 0.15) is 18.0 Å². The summed E-state index contributed by atoms with van der Waals surface area (Å²) in [4.78, 5) is 37.6. The quantitative estimate of drug-likeness (QED) is 0.287. The number of halogens is 2. The molecule has 202 valence electrons. The second-order valence-electron chi connectivity index (χ2n) is 9.18. The lowest BCUT2D eigenvalue weighted by Gasteiger charge is -2.17. The molecule has 3 aromatic heterocycles. The van der Waals surface area contributed by atoms with Gasteiger partial charge in [0, 0.05) is 50.8 Å².